The monoisotopic (exact) mass is 272 g/mol. The van der Waals surface area contributed by atoms with Crippen molar-refractivity contribution in [3.05, 3.63) is 34.9 Å². The molecule has 2 rings (SSSR count). The molecule has 0 aliphatic heterocycles. The zero-order chi connectivity index (χ0) is 14.2. The van der Waals surface area contributed by atoms with Crippen LogP contribution in [-0.2, 0) is 10.2 Å². The molecule has 1 aliphatic carbocycles. The van der Waals surface area contributed by atoms with Crippen molar-refractivity contribution in [3.63, 3.8) is 0 Å². The van der Waals surface area contributed by atoms with E-state index in [1.54, 1.807) is 0 Å². The van der Waals surface area contributed by atoms with Crippen LogP contribution in [0.4, 0.5) is 13.2 Å². The summed E-state index contributed by atoms with van der Waals surface area (Å²) in [6, 6.07) is 1.94. The number of halogens is 3. The summed E-state index contributed by atoms with van der Waals surface area (Å²) >= 11 is 0. The zero-order valence-corrected chi connectivity index (χ0v) is 10.5. The molecular weight excluding hydrogens is 257 g/mol. The maximum atomic E-state index is 13.9. The number of carboxylic acids is 1. The quantitative estimate of drug-likeness (QED) is 0.906. The predicted octanol–water partition coefficient (Wildman–Crippen LogP) is 3.89. The molecule has 104 valence electrons. The second-order valence-electron chi connectivity index (χ2n) is 5.07. The third-order valence-corrected chi connectivity index (χ3v) is 3.89. The second kappa shape index (κ2) is 4.87. The second-order valence-corrected chi connectivity index (χ2v) is 5.07. The van der Waals surface area contributed by atoms with E-state index in [1.165, 1.54) is 6.92 Å². The van der Waals surface area contributed by atoms with Gasteiger partial charge in [-0.1, -0.05) is 12.8 Å². The Bertz CT molecular complexity index is 506. The van der Waals surface area contributed by atoms with E-state index in [1.807, 2.05) is 0 Å². The molecule has 1 aliphatic rings. The number of carboxylic acid groups (broad SMARTS) is 1. The van der Waals surface area contributed by atoms with Gasteiger partial charge in [-0.3, -0.25) is 4.79 Å². The average Bonchev–Trinajstić information content (AvgIpc) is 2.82. The molecule has 1 saturated carbocycles. The highest BCUT2D eigenvalue weighted by atomic mass is 19.2. The van der Waals surface area contributed by atoms with Gasteiger partial charge < -0.3 is 5.11 Å². The molecule has 0 heterocycles. The average molecular weight is 272 g/mol. The molecule has 0 spiro atoms. The van der Waals surface area contributed by atoms with E-state index >= 15 is 0 Å². The number of rotatable bonds is 3. The van der Waals surface area contributed by atoms with Gasteiger partial charge in [0, 0.05) is 5.56 Å². The number of benzene rings is 1. The fraction of sp³-hybridized carbons (Fsp3) is 0.500. The minimum absolute atomic E-state index is 0.0265. The fourth-order valence-corrected chi connectivity index (χ4v) is 2.76. The Hall–Kier alpha value is -1.52. The Morgan fingerprint density at radius 1 is 1.32 bits per heavy atom. The van der Waals surface area contributed by atoms with Crippen LogP contribution >= 0.6 is 0 Å². The number of hydrogen-bond acceptors (Lipinski definition) is 1. The molecule has 1 fully saturated rings. The van der Waals surface area contributed by atoms with Crippen molar-refractivity contribution in [2.45, 2.75) is 44.2 Å². The van der Waals surface area contributed by atoms with Gasteiger partial charge in [-0.05, 0) is 37.5 Å². The molecule has 0 radical (unpaired) electrons. The van der Waals surface area contributed by atoms with E-state index in [-0.39, 0.29) is 24.0 Å². The van der Waals surface area contributed by atoms with Crippen LogP contribution in [-0.4, -0.2) is 11.1 Å². The van der Waals surface area contributed by atoms with Gasteiger partial charge in [0.25, 0.3) is 0 Å². The van der Waals surface area contributed by atoms with E-state index in [4.69, 9.17) is 0 Å². The van der Waals surface area contributed by atoms with Crippen molar-refractivity contribution in [2.24, 2.45) is 0 Å². The lowest BCUT2D eigenvalue weighted by molar-refractivity contribution is -0.143. The van der Waals surface area contributed by atoms with Crippen LogP contribution in [0.3, 0.4) is 0 Å². The maximum absolute atomic E-state index is 13.9. The van der Waals surface area contributed by atoms with Gasteiger partial charge in [0.05, 0.1) is 5.41 Å². The lowest BCUT2D eigenvalue weighted by atomic mass is 9.78. The summed E-state index contributed by atoms with van der Waals surface area (Å²) in [4.78, 5) is 11.5. The van der Waals surface area contributed by atoms with Crippen molar-refractivity contribution < 1.29 is 23.1 Å². The molecule has 1 N–H and O–H groups in total. The minimum atomic E-state index is -1.47. The first kappa shape index (κ1) is 13.9. The Balaban J connectivity index is 2.63. The fourth-order valence-electron chi connectivity index (χ4n) is 2.76. The summed E-state index contributed by atoms with van der Waals surface area (Å²) in [7, 11) is 0. The topological polar surface area (TPSA) is 37.3 Å². The van der Waals surface area contributed by atoms with Crippen LogP contribution in [0.5, 0.6) is 0 Å². The molecule has 19 heavy (non-hydrogen) atoms. The molecule has 0 aromatic heterocycles. The maximum Gasteiger partial charge on any atom is 0.314 e. The first-order valence-corrected chi connectivity index (χ1v) is 6.25. The van der Waals surface area contributed by atoms with Crippen molar-refractivity contribution in [3.8, 4) is 0 Å². The summed E-state index contributed by atoms with van der Waals surface area (Å²) in [5.74, 6) is -3.54. The van der Waals surface area contributed by atoms with Crippen molar-refractivity contribution >= 4 is 5.97 Å². The Morgan fingerprint density at radius 3 is 2.37 bits per heavy atom. The van der Waals surface area contributed by atoms with Gasteiger partial charge in [0.15, 0.2) is 11.6 Å². The molecule has 1 aromatic rings. The van der Waals surface area contributed by atoms with E-state index in [9.17, 15) is 23.1 Å². The standard InChI is InChI=1S/C14H15F3O2/c1-8(15)9-6-10(12(17)11(16)7-9)14(13(18)19)4-2-3-5-14/h6-8H,2-5H2,1H3,(H,18,19). The first-order chi connectivity index (χ1) is 8.88. The Labute approximate surface area is 109 Å². The first-order valence-electron chi connectivity index (χ1n) is 6.25. The van der Waals surface area contributed by atoms with Gasteiger partial charge in [0.2, 0.25) is 0 Å². The van der Waals surface area contributed by atoms with Gasteiger partial charge in [-0.15, -0.1) is 0 Å². The van der Waals surface area contributed by atoms with E-state index < -0.39 is 29.2 Å². The summed E-state index contributed by atoms with van der Waals surface area (Å²) in [5.41, 5.74) is -1.67. The highest BCUT2D eigenvalue weighted by Crippen LogP contribution is 2.43. The highest BCUT2D eigenvalue weighted by Gasteiger charge is 2.45. The van der Waals surface area contributed by atoms with Crippen LogP contribution in [0.2, 0.25) is 0 Å². The Kier molecular flexibility index (Phi) is 3.56. The van der Waals surface area contributed by atoms with E-state index in [2.05, 4.69) is 0 Å². The summed E-state index contributed by atoms with van der Waals surface area (Å²) in [6.07, 6.45) is 0.318. The van der Waals surface area contributed by atoms with Gasteiger partial charge in [-0.2, -0.15) is 0 Å². The summed E-state index contributed by atoms with van der Waals surface area (Å²) in [5, 5.41) is 9.38. The van der Waals surface area contributed by atoms with Crippen molar-refractivity contribution in [1.29, 1.82) is 0 Å². The van der Waals surface area contributed by atoms with Crippen LogP contribution < -0.4 is 0 Å². The molecule has 0 bridgehead atoms. The highest BCUT2D eigenvalue weighted by molar-refractivity contribution is 5.82. The van der Waals surface area contributed by atoms with Crippen LogP contribution in [0, 0.1) is 11.6 Å². The molecular formula is C14H15F3O2. The van der Waals surface area contributed by atoms with Crippen LogP contribution in [0.1, 0.15) is 49.9 Å². The number of alkyl halides is 1. The summed E-state index contributed by atoms with van der Waals surface area (Å²) in [6.45, 7) is 1.21. The normalized spacial score (nSPS) is 19.4. The molecule has 0 saturated heterocycles. The molecule has 1 unspecified atom stereocenters. The minimum Gasteiger partial charge on any atom is -0.481 e. The lowest BCUT2D eigenvalue weighted by Crippen LogP contribution is -2.34. The lowest BCUT2D eigenvalue weighted by Gasteiger charge is -2.25. The third-order valence-electron chi connectivity index (χ3n) is 3.89. The van der Waals surface area contributed by atoms with E-state index in [0.717, 1.165) is 12.1 Å². The SMILES string of the molecule is CC(F)c1cc(F)c(F)c(C2(C(=O)O)CCCC2)c1. The number of hydrogen-bond donors (Lipinski definition) is 1. The molecule has 5 heteroatoms. The van der Waals surface area contributed by atoms with Crippen LogP contribution in [0.25, 0.3) is 0 Å². The number of carbonyl (C=O) groups is 1. The van der Waals surface area contributed by atoms with Gasteiger partial charge in [0.1, 0.15) is 6.17 Å². The zero-order valence-electron chi connectivity index (χ0n) is 10.5. The molecule has 0 amide bonds. The molecule has 1 aromatic carbocycles. The van der Waals surface area contributed by atoms with E-state index in [0.29, 0.717) is 12.8 Å². The number of aliphatic carboxylic acids is 1. The van der Waals surface area contributed by atoms with Crippen LogP contribution in [0.15, 0.2) is 12.1 Å². The van der Waals surface area contributed by atoms with Crippen molar-refractivity contribution in [1.82, 2.24) is 0 Å². The largest absolute Gasteiger partial charge is 0.481 e. The smallest absolute Gasteiger partial charge is 0.314 e. The molecule has 2 nitrogen and oxygen atoms in total. The Morgan fingerprint density at radius 2 is 1.89 bits per heavy atom. The third kappa shape index (κ3) is 2.22. The van der Waals surface area contributed by atoms with Crippen molar-refractivity contribution in [2.75, 3.05) is 0 Å². The predicted molar refractivity (Wildman–Crippen MR) is 63.7 cm³/mol. The molecule has 1 atom stereocenters. The van der Waals surface area contributed by atoms with Gasteiger partial charge in [-0.25, -0.2) is 13.2 Å². The van der Waals surface area contributed by atoms with Gasteiger partial charge >= 0.3 is 5.97 Å². The summed E-state index contributed by atoms with van der Waals surface area (Å²) < 4.78 is 40.8.